The van der Waals surface area contributed by atoms with Gasteiger partial charge in [-0.3, -0.25) is 15.0 Å². The van der Waals surface area contributed by atoms with E-state index >= 15 is 4.39 Å². The first-order valence-corrected chi connectivity index (χ1v) is 33.5. The molecule has 0 unspecified atom stereocenters. The number of carboxylic acid groups (broad SMARTS) is 3. The highest BCUT2D eigenvalue weighted by Gasteiger charge is 2.37. The molecule has 6 heterocycles. The number of fused-ring (bicyclic) bond motifs is 6. The molecule has 0 amide bonds. The van der Waals surface area contributed by atoms with Gasteiger partial charge in [-0.2, -0.15) is 0 Å². The SMILES string of the molecule is COCC(C)(C)c1c(-c2ccc(C(=O)O)c(F)c2)c2cc3c(cc2n1-c1ccc(F)cc1)C=NC3.COCC(C)(C)c1c(-c2ccc(C(=O)O)cc2)c2cc3c(cc2n1-c1ccc(F)cc1)C=NC3.COCC(C)(C)c1c(-c2ccc(C(=O)O)cc2F)c2cc3c(cc2n1-c1ccc(F)cc1)C=NC3. The second-order valence-corrected chi connectivity index (χ2v) is 28.1. The van der Waals surface area contributed by atoms with E-state index in [1.165, 1.54) is 60.7 Å². The average molecular weight is 1410 g/mol. The number of aromatic carboxylic acids is 3. The predicted octanol–water partition coefficient (Wildman–Crippen LogP) is 18.3. The molecule has 0 radical (unpaired) electrons. The first-order valence-electron chi connectivity index (χ1n) is 33.5. The summed E-state index contributed by atoms with van der Waals surface area (Å²) in [6.07, 6.45) is 5.54. The fraction of sp³-hybridized carbons (Fsp3) is 0.214. The molecule has 0 saturated heterocycles. The summed E-state index contributed by atoms with van der Waals surface area (Å²) in [7, 11) is 4.91. The van der Waals surface area contributed by atoms with E-state index in [0.717, 1.165) is 123 Å². The number of aliphatic imine (C=N–C) groups is 3. The van der Waals surface area contributed by atoms with E-state index in [2.05, 4.69) is 56.2 Å². The monoisotopic (exact) mass is 1400 g/mol. The molecule has 0 fully saturated rings. The molecule has 12 aromatic rings. The van der Waals surface area contributed by atoms with E-state index in [0.29, 0.717) is 56.1 Å². The van der Waals surface area contributed by atoms with Crippen LogP contribution in [0.3, 0.4) is 0 Å². The zero-order chi connectivity index (χ0) is 73.8. The molecular weight excluding hydrogens is 1330 g/mol. The summed E-state index contributed by atoms with van der Waals surface area (Å²) in [5.74, 6) is -5.91. The highest BCUT2D eigenvalue weighted by Crippen LogP contribution is 2.49. The van der Waals surface area contributed by atoms with Crippen LogP contribution in [-0.2, 0) is 50.1 Å². The lowest BCUT2D eigenvalue weighted by Gasteiger charge is -2.28. The van der Waals surface area contributed by atoms with E-state index in [-0.39, 0.29) is 34.1 Å². The van der Waals surface area contributed by atoms with Gasteiger partial charge >= 0.3 is 17.9 Å². The number of benzene rings is 9. The lowest BCUT2D eigenvalue weighted by molar-refractivity contribution is 0.0682. The van der Waals surface area contributed by atoms with Crippen molar-refractivity contribution in [2.75, 3.05) is 41.2 Å². The maximum atomic E-state index is 15.5. The number of methoxy groups -OCH3 is 3. The molecule has 0 atom stereocenters. The molecule has 528 valence electrons. The molecule has 0 spiro atoms. The third kappa shape index (κ3) is 13.2. The minimum Gasteiger partial charge on any atom is -0.478 e. The Hall–Kier alpha value is -11.5. The van der Waals surface area contributed by atoms with E-state index in [9.17, 15) is 47.3 Å². The van der Waals surface area contributed by atoms with Gasteiger partial charge < -0.3 is 43.2 Å². The minimum atomic E-state index is -1.32. The van der Waals surface area contributed by atoms with Crippen molar-refractivity contribution in [1.29, 1.82) is 0 Å². The summed E-state index contributed by atoms with van der Waals surface area (Å²) in [6, 6.07) is 46.4. The largest absolute Gasteiger partial charge is 0.478 e. The fourth-order valence-electron chi connectivity index (χ4n) is 14.8. The number of carbonyl (C=O) groups is 3. The lowest BCUT2D eigenvalue weighted by atomic mass is 9.84. The fourth-order valence-corrected chi connectivity index (χ4v) is 14.8. The van der Waals surface area contributed by atoms with Crippen molar-refractivity contribution in [3.05, 3.63) is 266 Å². The number of nitrogens with zero attached hydrogens (tertiary/aromatic N) is 6. The zero-order valence-electron chi connectivity index (χ0n) is 58.5. The van der Waals surface area contributed by atoms with Crippen LogP contribution in [0.25, 0.3) is 83.2 Å². The Morgan fingerprint density at radius 1 is 0.394 bits per heavy atom. The van der Waals surface area contributed by atoms with Gasteiger partial charge in [0.25, 0.3) is 0 Å². The van der Waals surface area contributed by atoms with Crippen LogP contribution in [0, 0.1) is 29.1 Å². The second kappa shape index (κ2) is 28.1. The topological polar surface area (TPSA) is 191 Å². The molecule has 104 heavy (non-hydrogen) atoms. The summed E-state index contributed by atoms with van der Waals surface area (Å²) in [5, 5.41) is 30.8. The highest BCUT2D eigenvalue weighted by molar-refractivity contribution is 6.07. The van der Waals surface area contributed by atoms with Crippen LogP contribution in [0.1, 0.15) is 123 Å². The van der Waals surface area contributed by atoms with Gasteiger partial charge in [0.1, 0.15) is 29.1 Å². The van der Waals surface area contributed by atoms with Crippen LogP contribution in [0.4, 0.5) is 22.0 Å². The van der Waals surface area contributed by atoms with Gasteiger partial charge in [0.15, 0.2) is 0 Å². The normalized spacial score (nSPS) is 12.9. The highest BCUT2D eigenvalue weighted by atomic mass is 19.1. The molecule has 3 aromatic heterocycles. The van der Waals surface area contributed by atoms with Crippen LogP contribution in [-0.4, -0.2) is 107 Å². The Balaban J connectivity index is 0.000000139. The molecule has 3 N–H and O–H groups in total. The van der Waals surface area contributed by atoms with Gasteiger partial charge in [0.05, 0.1) is 72.7 Å². The zero-order valence-corrected chi connectivity index (χ0v) is 58.5. The summed E-state index contributed by atoms with van der Waals surface area (Å²) in [6.45, 7) is 15.2. The van der Waals surface area contributed by atoms with Crippen molar-refractivity contribution < 1.29 is 65.9 Å². The second-order valence-electron chi connectivity index (χ2n) is 28.1. The third-order valence-electron chi connectivity index (χ3n) is 19.2. The molecule has 15 rings (SSSR count). The molecule has 15 nitrogen and oxygen atoms in total. The van der Waals surface area contributed by atoms with Gasteiger partial charge in [0.2, 0.25) is 0 Å². The number of halogens is 5. The molecular formula is C84H73F5N6O9. The Kier molecular flexibility index (Phi) is 19.1. The average Bonchev–Trinajstić information content (AvgIpc) is 1.58. The number of rotatable bonds is 18. The molecule has 0 bridgehead atoms. The van der Waals surface area contributed by atoms with Gasteiger partial charge in [-0.15, -0.1) is 0 Å². The number of carboxylic acids is 3. The molecule has 3 aliphatic rings. The third-order valence-corrected chi connectivity index (χ3v) is 19.2. The summed E-state index contributed by atoms with van der Waals surface area (Å²) < 4.78 is 94.9. The van der Waals surface area contributed by atoms with Gasteiger partial charge in [-0.1, -0.05) is 65.8 Å². The number of aromatic nitrogens is 3. The van der Waals surface area contributed by atoms with Crippen molar-refractivity contribution in [2.45, 2.75) is 77.4 Å². The van der Waals surface area contributed by atoms with Crippen molar-refractivity contribution in [1.82, 2.24) is 13.7 Å². The Bertz CT molecular complexity index is 5510. The smallest absolute Gasteiger partial charge is 0.338 e. The van der Waals surface area contributed by atoms with Crippen LogP contribution in [0.2, 0.25) is 0 Å². The number of hydrogen-bond acceptors (Lipinski definition) is 9. The van der Waals surface area contributed by atoms with Gasteiger partial charge in [-0.25, -0.2) is 36.3 Å². The van der Waals surface area contributed by atoms with E-state index < -0.39 is 45.8 Å². The van der Waals surface area contributed by atoms with Crippen LogP contribution < -0.4 is 0 Å². The molecule has 3 aliphatic heterocycles. The van der Waals surface area contributed by atoms with Crippen molar-refractivity contribution in [3.63, 3.8) is 0 Å². The van der Waals surface area contributed by atoms with E-state index in [1.807, 2.05) is 81.2 Å². The maximum absolute atomic E-state index is 15.5. The van der Waals surface area contributed by atoms with Gasteiger partial charge in [-0.05, 0) is 190 Å². The van der Waals surface area contributed by atoms with Crippen molar-refractivity contribution in [3.8, 4) is 50.4 Å². The van der Waals surface area contributed by atoms with Crippen molar-refractivity contribution in [2.24, 2.45) is 15.0 Å². The summed E-state index contributed by atoms with van der Waals surface area (Å²) in [5.41, 5.74) is 16.2. The van der Waals surface area contributed by atoms with Crippen LogP contribution >= 0.6 is 0 Å². The molecule has 0 saturated carbocycles. The Morgan fingerprint density at radius 3 is 1.09 bits per heavy atom. The molecule has 9 aromatic carbocycles. The molecule has 0 aliphatic carbocycles. The summed E-state index contributed by atoms with van der Waals surface area (Å²) in [4.78, 5) is 47.5. The maximum Gasteiger partial charge on any atom is 0.338 e. The van der Waals surface area contributed by atoms with E-state index in [1.54, 1.807) is 75.9 Å². The quantitative estimate of drug-likeness (QED) is 0.0702. The molecule has 20 heteroatoms. The number of hydrogen-bond donors (Lipinski definition) is 3. The summed E-state index contributed by atoms with van der Waals surface area (Å²) >= 11 is 0. The Morgan fingerprint density at radius 2 is 0.740 bits per heavy atom. The first-order chi connectivity index (χ1) is 49.7. The van der Waals surface area contributed by atoms with Crippen molar-refractivity contribution >= 4 is 69.3 Å². The van der Waals surface area contributed by atoms with Gasteiger partial charge in [0, 0.05) is 129 Å². The lowest BCUT2D eigenvalue weighted by Crippen LogP contribution is -2.27. The first kappa shape index (κ1) is 71.0. The minimum absolute atomic E-state index is 0.125. The van der Waals surface area contributed by atoms with Crippen LogP contribution in [0.15, 0.2) is 185 Å². The predicted molar refractivity (Wildman–Crippen MR) is 395 cm³/mol. The van der Waals surface area contributed by atoms with E-state index in [4.69, 9.17) is 14.2 Å². The Labute approximate surface area is 596 Å². The standard InChI is InChI=1S/2C28H24F2N2O3.C28H25FN2O3/c1-28(2,15-35-3)26-25(21-9-4-16(27(33)34)11-23(21)30)22-10-17-13-31-14-18(17)12-24(22)32(26)20-7-5-19(29)6-8-20;1-28(2,15-35-3)26-25(16-4-9-21(27(33)34)23(30)11-16)22-10-17-13-31-14-18(17)12-24(22)32(26)20-7-5-19(29)6-8-20;1-28(2,16-34-3)26-25(17-4-6-18(7-5-17)27(32)33)23-12-19-14-30-15-20(19)13-24(23)31(26)22-10-8-21(29)9-11-22/h2*4-12,14H,13,15H2,1-3H3,(H,33,34);4-13,15H,14,16H2,1-3H3,(H,32,33). The number of ether oxygens (including phenoxy) is 3. The van der Waals surface area contributed by atoms with Crippen LogP contribution in [0.5, 0.6) is 0 Å².